The van der Waals surface area contributed by atoms with Crippen LogP contribution in [0.2, 0.25) is 0 Å². The summed E-state index contributed by atoms with van der Waals surface area (Å²) in [5.74, 6) is -1.52. The van der Waals surface area contributed by atoms with E-state index >= 15 is 0 Å². The maximum absolute atomic E-state index is 11.6. The van der Waals surface area contributed by atoms with E-state index in [2.05, 4.69) is 15.6 Å². The zero-order valence-electron chi connectivity index (χ0n) is 12.5. The highest BCUT2D eigenvalue weighted by atomic mass is 16.4. The first-order chi connectivity index (χ1) is 10.2. The number of aliphatic carboxylic acids is 1. The first-order valence-corrected chi connectivity index (χ1v) is 6.72. The van der Waals surface area contributed by atoms with E-state index in [0.717, 1.165) is 0 Å². The van der Waals surface area contributed by atoms with Gasteiger partial charge in [0, 0.05) is 19.3 Å². The predicted octanol–water partition coefficient (Wildman–Crippen LogP) is 0.481. The summed E-state index contributed by atoms with van der Waals surface area (Å²) in [6.07, 6.45) is 1.78. The highest BCUT2D eigenvalue weighted by molar-refractivity contribution is 5.90. The van der Waals surface area contributed by atoms with Crippen LogP contribution in [0.1, 0.15) is 36.3 Å². The van der Waals surface area contributed by atoms with Crippen molar-refractivity contribution in [1.29, 1.82) is 0 Å². The normalized spacial score (nSPS) is 10.8. The van der Waals surface area contributed by atoms with E-state index in [-0.39, 0.29) is 18.8 Å². The van der Waals surface area contributed by atoms with Gasteiger partial charge >= 0.3 is 12.0 Å². The molecule has 0 aromatic carbocycles. The Hall–Kier alpha value is -2.64. The lowest BCUT2D eigenvalue weighted by Crippen LogP contribution is -2.38. The van der Waals surface area contributed by atoms with Gasteiger partial charge in [-0.25, -0.2) is 4.79 Å². The average molecular weight is 308 g/mol. The van der Waals surface area contributed by atoms with Crippen LogP contribution in [-0.4, -0.2) is 34.5 Å². The zero-order chi connectivity index (χ0) is 16.8. The molecule has 5 N–H and O–H groups in total. The number of pyridine rings is 1. The molecule has 0 saturated carbocycles. The van der Waals surface area contributed by atoms with Crippen molar-refractivity contribution in [2.45, 2.75) is 26.8 Å². The van der Waals surface area contributed by atoms with Gasteiger partial charge in [-0.2, -0.15) is 0 Å². The lowest BCUT2D eigenvalue weighted by atomic mass is 9.90. The summed E-state index contributed by atoms with van der Waals surface area (Å²) >= 11 is 0. The van der Waals surface area contributed by atoms with Gasteiger partial charge in [0.05, 0.1) is 5.41 Å². The minimum atomic E-state index is -0.907. The monoisotopic (exact) mass is 308 g/mol. The van der Waals surface area contributed by atoms with Gasteiger partial charge in [-0.3, -0.25) is 14.6 Å². The fraction of sp³-hybridized carbons (Fsp3) is 0.429. The second kappa shape index (κ2) is 7.39. The molecule has 1 heterocycles. The van der Waals surface area contributed by atoms with Crippen molar-refractivity contribution in [3.05, 3.63) is 29.6 Å². The van der Waals surface area contributed by atoms with Gasteiger partial charge in [-0.1, -0.05) is 6.07 Å². The third kappa shape index (κ3) is 5.39. The molecule has 8 nitrogen and oxygen atoms in total. The van der Waals surface area contributed by atoms with Crippen LogP contribution >= 0.6 is 0 Å². The standard InChI is InChI=1S/C14H20N4O4/c1-14(2,12(20)21)5-6-16-13(22)18-8-9-3-4-10(11(15)19)17-7-9/h3-4,7H,5-6,8H2,1-2H3,(H2,15,19)(H,20,21)(H2,16,18,22). The number of hydrogen-bond donors (Lipinski definition) is 4. The topological polar surface area (TPSA) is 134 Å². The Bertz CT molecular complexity index is 554. The number of carboxylic acid groups (broad SMARTS) is 1. The van der Waals surface area contributed by atoms with Gasteiger partial charge in [-0.05, 0) is 31.9 Å². The van der Waals surface area contributed by atoms with Crippen LogP contribution in [0.3, 0.4) is 0 Å². The molecule has 1 aromatic rings. The summed E-state index contributed by atoms with van der Waals surface area (Å²) in [4.78, 5) is 37.2. The third-order valence-electron chi connectivity index (χ3n) is 3.14. The van der Waals surface area contributed by atoms with Crippen LogP contribution in [0.5, 0.6) is 0 Å². The minimum absolute atomic E-state index is 0.157. The molecule has 8 heteroatoms. The number of carbonyl (C=O) groups excluding carboxylic acids is 2. The van der Waals surface area contributed by atoms with Crippen molar-refractivity contribution in [2.75, 3.05) is 6.54 Å². The number of hydrogen-bond acceptors (Lipinski definition) is 4. The predicted molar refractivity (Wildman–Crippen MR) is 79.0 cm³/mol. The summed E-state index contributed by atoms with van der Waals surface area (Å²) in [6, 6.07) is 2.72. The molecule has 0 aliphatic carbocycles. The fourth-order valence-electron chi connectivity index (χ4n) is 1.52. The Morgan fingerprint density at radius 2 is 1.95 bits per heavy atom. The average Bonchev–Trinajstić information content (AvgIpc) is 2.45. The SMILES string of the molecule is CC(C)(CCNC(=O)NCc1ccc(C(N)=O)nc1)C(=O)O. The van der Waals surface area contributed by atoms with E-state index in [1.807, 2.05) is 0 Å². The molecule has 0 aliphatic rings. The number of nitrogens with two attached hydrogens (primary N) is 1. The van der Waals surface area contributed by atoms with E-state index in [1.54, 1.807) is 19.9 Å². The van der Waals surface area contributed by atoms with E-state index in [9.17, 15) is 14.4 Å². The molecule has 0 radical (unpaired) electrons. The Labute approximate surface area is 128 Å². The molecule has 1 rings (SSSR count). The summed E-state index contributed by atoms with van der Waals surface area (Å²) in [5, 5.41) is 14.1. The Morgan fingerprint density at radius 3 is 2.45 bits per heavy atom. The number of rotatable bonds is 7. The maximum atomic E-state index is 11.6. The number of nitrogens with one attached hydrogen (secondary N) is 2. The zero-order valence-corrected chi connectivity index (χ0v) is 12.5. The second-order valence-corrected chi connectivity index (χ2v) is 5.46. The van der Waals surface area contributed by atoms with Crippen molar-refractivity contribution >= 4 is 17.9 Å². The summed E-state index contributed by atoms with van der Waals surface area (Å²) in [7, 11) is 0. The first-order valence-electron chi connectivity index (χ1n) is 6.72. The molecule has 1 aromatic heterocycles. The highest BCUT2D eigenvalue weighted by Crippen LogP contribution is 2.19. The van der Waals surface area contributed by atoms with Crippen molar-refractivity contribution in [1.82, 2.24) is 15.6 Å². The van der Waals surface area contributed by atoms with E-state index in [0.29, 0.717) is 12.0 Å². The number of carbonyl (C=O) groups is 3. The van der Waals surface area contributed by atoms with Crippen LogP contribution in [-0.2, 0) is 11.3 Å². The van der Waals surface area contributed by atoms with Gasteiger partial charge < -0.3 is 21.5 Å². The van der Waals surface area contributed by atoms with Gasteiger partial charge in [-0.15, -0.1) is 0 Å². The maximum Gasteiger partial charge on any atom is 0.315 e. The lowest BCUT2D eigenvalue weighted by Gasteiger charge is -2.19. The summed E-state index contributed by atoms with van der Waals surface area (Å²) in [5.41, 5.74) is 5.06. The molecule has 0 spiro atoms. The van der Waals surface area contributed by atoms with Gasteiger partial charge in [0.1, 0.15) is 5.69 Å². The molecule has 22 heavy (non-hydrogen) atoms. The fourth-order valence-corrected chi connectivity index (χ4v) is 1.52. The van der Waals surface area contributed by atoms with Gasteiger partial charge in [0.15, 0.2) is 0 Å². The minimum Gasteiger partial charge on any atom is -0.481 e. The highest BCUT2D eigenvalue weighted by Gasteiger charge is 2.26. The number of nitrogens with zero attached hydrogens (tertiary/aromatic N) is 1. The Morgan fingerprint density at radius 1 is 1.27 bits per heavy atom. The van der Waals surface area contributed by atoms with Crippen molar-refractivity contribution in [3.63, 3.8) is 0 Å². The molecule has 0 atom stereocenters. The van der Waals surface area contributed by atoms with Crippen molar-refractivity contribution in [3.8, 4) is 0 Å². The van der Waals surface area contributed by atoms with Gasteiger partial charge in [0.25, 0.3) is 5.91 Å². The molecule has 120 valence electrons. The molecular weight excluding hydrogens is 288 g/mol. The molecule has 3 amide bonds. The number of urea groups is 1. The molecule has 0 aliphatic heterocycles. The first kappa shape index (κ1) is 17.4. The van der Waals surface area contributed by atoms with Gasteiger partial charge in [0.2, 0.25) is 0 Å². The van der Waals surface area contributed by atoms with Crippen LogP contribution in [0.25, 0.3) is 0 Å². The summed E-state index contributed by atoms with van der Waals surface area (Å²) < 4.78 is 0. The molecule has 0 bridgehead atoms. The number of amides is 3. The van der Waals surface area contributed by atoms with Crippen LogP contribution < -0.4 is 16.4 Å². The lowest BCUT2D eigenvalue weighted by molar-refractivity contribution is -0.147. The number of aromatic nitrogens is 1. The number of carboxylic acids is 1. The second-order valence-electron chi connectivity index (χ2n) is 5.46. The molecular formula is C14H20N4O4. The van der Waals surface area contributed by atoms with E-state index in [4.69, 9.17) is 10.8 Å². The van der Waals surface area contributed by atoms with Crippen molar-refractivity contribution < 1.29 is 19.5 Å². The largest absolute Gasteiger partial charge is 0.481 e. The van der Waals surface area contributed by atoms with E-state index in [1.165, 1.54) is 12.3 Å². The van der Waals surface area contributed by atoms with E-state index < -0.39 is 23.3 Å². The third-order valence-corrected chi connectivity index (χ3v) is 3.14. The smallest absolute Gasteiger partial charge is 0.315 e. The Balaban J connectivity index is 2.34. The van der Waals surface area contributed by atoms with Crippen molar-refractivity contribution in [2.24, 2.45) is 11.1 Å². The molecule has 0 unspecified atom stereocenters. The molecule has 0 fully saturated rings. The van der Waals surface area contributed by atoms with Crippen LogP contribution in [0, 0.1) is 5.41 Å². The number of primary amides is 1. The Kier molecular flexibility index (Phi) is 5.85. The van der Waals surface area contributed by atoms with Crippen LogP contribution in [0.15, 0.2) is 18.3 Å². The molecule has 0 saturated heterocycles. The van der Waals surface area contributed by atoms with Crippen LogP contribution in [0.4, 0.5) is 4.79 Å². The summed E-state index contributed by atoms with van der Waals surface area (Å²) in [6.45, 7) is 3.69. The quantitative estimate of drug-likeness (QED) is 0.581.